The Balaban J connectivity index is 2.45. The molecular weight excluding hydrogens is 300 g/mol. The van der Waals surface area contributed by atoms with E-state index in [2.05, 4.69) is 10.0 Å². The lowest BCUT2D eigenvalue weighted by atomic mass is 10.4. The van der Waals surface area contributed by atoms with E-state index in [1.807, 2.05) is 6.92 Å². The Kier molecular flexibility index (Phi) is 8.27. The molecule has 0 spiro atoms. The van der Waals surface area contributed by atoms with Crippen LogP contribution in [0.4, 0.5) is 0 Å². The molecule has 1 aromatic heterocycles. The van der Waals surface area contributed by atoms with E-state index in [0.29, 0.717) is 31.3 Å². The van der Waals surface area contributed by atoms with E-state index in [0.717, 1.165) is 11.4 Å². The number of rotatable bonds is 11. The molecule has 0 unspecified atom stereocenters. The number of hydrogen-bond acceptors (Lipinski definition) is 6. The maximum Gasteiger partial charge on any atom is 0.241 e. The van der Waals surface area contributed by atoms with Crippen LogP contribution in [0.3, 0.4) is 0 Å². The Morgan fingerprint density at radius 2 is 2.10 bits per heavy atom. The van der Waals surface area contributed by atoms with Crippen LogP contribution in [-0.4, -0.2) is 48.4 Å². The summed E-state index contributed by atoms with van der Waals surface area (Å²) in [6, 6.07) is 1.63. The van der Waals surface area contributed by atoms with E-state index in [1.165, 1.54) is 11.3 Å². The van der Waals surface area contributed by atoms with Gasteiger partial charge in [0.15, 0.2) is 0 Å². The highest BCUT2D eigenvalue weighted by Crippen LogP contribution is 2.21. The predicted octanol–water partition coefficient (Wildman–Crippen LogP) is 0.799. The summed E-state index contributed by atoms with van der Waals surface area (Å²) in [5, 5.41) is 4.92. The topological polar surface area (TPSA) is 76.7 Å². The Hall–Kier alpha value is -0.510. The Bertz CT molecular complexity index is 474. The van der Waals surface area contributed by atoms with Gasteiger partial charge in [0.05, 0.1) is 24.7 Å². The van der Waals surface area contributed by atoms with Crippen LogP contribution in [0, 0.1) is 0 Å². The molecule has 0 amide bonds. The van der Waals surface area contributed by atoms with Gasteiger partial charge in [0, 0.05) is 25.1 Å². The van der Waals surface area contributed by atoms with Crippen molar-refractivity contribution in [3.63, 3.8) is 0 Å². The van der Waals surface area contributed by atoms with Crippen LogP contribution < -0.4 is 10.0 Å². The lowest BCUT2D eigenvalue weighted by molar-refractivity contribution is 0.0736. The zero-order valence-electron chi connectivity index (χ0n) is 11.8. The van der Waals surface area contributed by atoms with Crippen molar-refractivity contribution in [2.24, 2.45) is 0 Å². The van der Waals surface area contributed by atoms with E-state index in [1.54, 1.807) is 18.6 Å². The zero-order chi connectivity index (χ0) is 14.8. The standard InChI is InChI=1S/C12H22N2O4S2/c1-3-13-10-11-12(4-9-19-11)20(15,16)14-5-6-18-8-7-17-2/h4,9,13-14H,3,5-8,10H2,1-2H3. The molecule has 0 aromatic carbocycles. The summed E-state index contributed by atoms with van der Waals surface area (Å²) in [7, 11) is -1.87. The molecule has 0 aliphatic carbocycles. The van der Waals surface area contributed by atoms with E-state index in [-0.39, 0.29) is 6.54 Å². The zero-order valence-corrected chi connectivity index (χ0v) is 13.5. The second-order valence-corrected chi connectivity index (χ2v) is 6.73. The first-order valence-electron chi connectivity index (χ1n) is 6.45. The lowest BCUT2D eigenvalue weighted by Gasteiger charge is -2.08. The summed E-state index contributed by atoms with van der Waals surface area (Å²) in [4.78, 5) is 1.17. The maximum absolute atomic E-state index is 12.2. The summed E-state index contributed by atoms with van der Waals surface area (Å²) in [6.45, 7) is 4.90. The molecule has 0 aliphatic rings. The summed E-state index contributed by atoms with van der Waals surface area (Å²) >= 11 is 1.44. The van der Waals surface area contributed by atoms with Gasteiger partial charge < -0.3 is 14.8 Å². The number of nitrogens with one attached hydrogen (secondary N) is 2. The average molecular weight is 322 g/mol. The van der Waals surface area contributed by atoms with Crippen LogP contribution in [0.25, 0.3) is 0 Å². The maximum atomic E-state index is 12.2. The van der Waals surface area contributed by atoms with Gasteiger partial charge in [0.2, 0.25) is 10.0 Å². The van der Waals surface area contributed by atoms with Gasteiger partial charge in [-0.05, 0) is 18.0 Å². The molecule has 0 atom stereocenters. The van der Waals surface area contributed by atoms with Crippen molar-refractivity contribution in [2.45, 2.75) is 18.4 Å². The molecule has 1 aromatic rings. The van der Waals surface area contributed by atoms with E-state index < -0.39 is 10.0 Å². The van der Waals surface area contributed by atoms with Gasteiger partial charge in [-0.25, -0.2) is 13.1 Å². The lowest BCUT2D eigenvalue weighted by Crippen LogP contribution is -2.28. The molecule has 0 aliphatic heterocycles. The smallest absolute Gasteiger partial charge is 0.241 e. The van der Waals surface area contributed by atoms with Gasteiger partial charge in [0.1, 0.15) is 0 Å². The molecule has 116 valence electrons. The molecule has 20 heavy (non-hydrogen) atoms. The van der Waals surface area contributed by atoms with Gasteiger partial charge in [-0.2, -0.15) is 0 Å². The van der Waals surface area contributed by atoms with Crippen molar-refractivity contribution in [2.75, 3.05) is 40.0 Å². The fourth-order valence-electron chi connectivity index (χ4n) is 1.51. The molecule has 2 N–H and O–H groups in total. The van der Waals surface area contributed by atoms with Crippen LogP contribution in [0.1, 0.15) is 11.8 Å². The second-order valence-electron chi connectivity index (χ2n) is 3.99. The fraction of sp³-hybridized carbons (Fsp3) is 0.667. The molecule has 6 nitrogen and oxygen atoms in total. The Morgan fingerprint density at radius 3 is 2.80 bits per heavy atom. The van der Waals surface area contributed by atoms with Crippen molar-refractivity contribution in [3.05, 3.63) is 16.3 Å². The molecule has 0 fully saturated rings. The van der Waals surface area contributed by atoms with Crippen LogP contribution >= 0.6 is 11.3 Å². The summed E-state index contributed by atoms with van der Waals surface area (Å²) in [5.41, 5.74) is 0. The average Bonchev–Trinajstić information content (AvgIpc) is 2.89. The molecule has 0 saturated heterocycles. The third-order valence-corrected chi connectivity index (χ3v) is 5.10. The first kappa shape index (κ1) is 17.5. The quantitative estimate of drug-likeness (QED) is 0.589. The first-order valence-corrected chi connectivity index (χ1v) is 8.81. The van der Waals surface area contributed by atoms with Crippen LogP contribution in [-0.2, 0) is 26.0 Å². The molecule has 8 heteroatoms. The van der Waals surface area contributed by atoms with Gasteiger partial charge in [-0.15, -0.1) is 11.3 Å². The largest absolute Gasteiger partial charge is 0.382 e. The SMILES string of the molecule is CCNCc1sccc1S(=O)(=O)NCCOCCOC. The van der Waals surface area contributed by atoms with E-state index in [9.17, 15) is 8.42 Å². The number of hydrogen-bond donors (Lipinski definition) is 2. The van der Waals surface area contributed by atoms with Gasteiger partial charge in [-0.3, -0.25) is 0 Å². The Morgan fingerprint density at radius 1 is 1.30 bits per heavy atom. The molecule has 1 heterocycles. The van der Waals surface area contributed by atoms with Crippen molar-refractivity contribution in [3.8, 4) is 0 Å². The molecule has 1 rings (SSSR count). The third-order valence-electron chi connectivity index (χ3n) is 2.50. The molecular formula is C12H22N2O4S2. The molecule has 0 saturated carbocycles. The van der Waals surface area contributed by atoms with Crippen molar-refractivity contribution in [1.82, 2.24) is 10.0 Å². The minimum absolute atomic E-state index is 0.253. The first-order chi connectivity index (χ1) is 9.61. The summed E-state index contributed by atoms with van der Waals surface area (Å²) in [5.74, 6) is 0. The van der Waals surface area contributed by atoms with E-state index >= 15 is 0 Å². The fourth-order valence-corrected chi connectivity index (χ4v) is 3.93. The minimum atomic E-state index is -3.46. The molecule has 0 radical (unpaired) electrons. The monoisotopic (exact) mass is 322 g/mol. The van der Waals surface area contributed by atoms with Gasteiger partial charge >= 0.3 is 0 Å². The highest BCUT2D eigenvalue weighted by molar-refractivity contribution is 7.89. The normalized spacial score (nSPS) is 11.9. The predicted molar refractivity (Wildman–Crippen MR) is 79.6 cm³/mol. The van der Waals surface area contributed by atoms with Crippen LogP contribution in [0.15, 0.2) is 16.3 Å². The second kappa shape index (κ2) is 9.43. The Labute approximate surface area is 124 Å². The number of sulfonamides is 1. The van der Waals surface area contributed by atoms with Crippen molar-refractivity contribution >= 4 is 21.4 Å². The van der Waals surface area contributed by atoms with E-state index in [4.69, 9.17) is 9.47 Å². The minimum Gasteiger partial charge on any atom is -0.382 e. The van der Waals surface area contributed by atoms with Crippen LogP contribution in [0.2, 0.25) is 0 Å². The number of methoxy groups -OCH3 is 1. The third kappa shape index (κ3) is 5.86. The van der Waals surface area contributed by atoms with Crippen LogP contribution in [0.5, 0.6) is 0 Å². The molecule has 0 bridgehead atoms. The van der Waals surface area contributed by atoms with Gasteiger partial charge in [-0.1, -0.05) is 6.92 Å². The number of ether oxygens (including phenoxy) is 2. The summed E-state index contributed by atoms with van der Waals surface area (Å²) in [6.07, 6.45) is 0. The summed E-state index contributed by atoms with van der Waals surface area (Å²) < 4.78 is 36.9. The highest BCUT2D eigenvalue weighted by atomic mass is 32.2. The number of thiophene rings is 1. The van der Waals surface area contributed by atoms with Crippen molar-refractivity contribution < 1.29 is 17.9 Å². The highest BCUT2D eigenvalue weighted by Gasteiger charge is 2.18. The van der Waals surface area contributed by atoms with Gasteiger partial charge in [0.25, 0.3) is 0 Å². The van der Waals surface area contributed by atoms with Crippen molar-refractivity contribution in [1.29, 1.82) is 0 Å².